The number of hydrogen-bond acceptors (Lipinski definition) is 3. The molecule has 4 nitrogen and oxygen atoms in total. The number of para-hydroxylation sites is 1. The average molecular weight is 538 g/mol. The number of nitrogens with zero attached hydrogens (tertiary/aromatic N) is 3. The van der Waals surface area contributed by atoms with Gasteiger partial charge in [0.2, 0.25) is 5.95 Å². The van der Waals surface area contributed by atoms with Crippen LogP contribution in [-0.4, -0.2) is 14.5 Å². The molecule has 0 amide bonds. The lowest BCUT2D eigenvalue weighted by atomic mass is 10.0. The fourth-order valence-corrected chi connectivity index (χ4v) is 6.29. The van der Waals surface area contributed by atoms with Crippen molar-refractivity contribution in [2.45, 2.75) is 0 Å². The van der Waals surface area contributed by atoms with Crippen LogP contribution in [0.1, 0.15) is 0 Å². The Hall–Kier alpha value is -5.74. The number of furan rings is 1. The molecule has 0 unspecified atom stereocenters. The van der Waals surface area contributed by atoms with Crippen LogP contribution in [-0.2, 0) is 0 Å². The molecule has 0 atom stereocenters. The fourth-order valence-electron chi connectivity index (χ4n) is 6.29. The quantitative estimate of drug-likeness (QED) is 0.225. The van der Waals surface area contributed by atoms with Crippen molar-refractivity contribution in [3.8, 4) is 28.3 Å². The minimum atomic E-state index is 0.633. The van der Waals surface area contributed by atoms with Gasteiger partial charge in [-0.1, -0.05) is 97.1 Å². The van der Waals surface area contributed by atoms with Crippen LogP contribution in [0.25, 0.3) is 82.8 Å². The highest BCUT2D eigenvalue weighted by molar-refractivity contribution is 6.25. The van der Waals surface area contributed by atoms with Crippen LogP contribution < -0.4 is 0 Å². The Balaban J connectivity index is 1.30. The lowest BCUT2D eigenvalue weighted by molar-refractivity contribution is 0.669. The molecular weight excluding hydrogens is 514 g/mol. The molecule has 0 radical (unpaired) electrons. The molecule has 3 heterocycles. The third kappa shape index (κ3) is 3.42. The van der Waals surface area contributed by atoms with Gasteiger partial charge in [-0.3, -0.25) is 4.57 Å². The normalized spacial score (nSPS) is 11.8. The minimum absolute atomic E-state index is 0.633. The molecule has 0 saturated heterocycles. The zero-order valence-electron chi connectivity index (χ0n) is 22.5. The van der Waals surface area contributed by atoms with E-state index in [-0.39, 0.29) is 0 Å². The smallest absolute Gasteiger partial charge is 0.235 e. The second kappa shape index (κ2) is 8.88. The van der Waals surface area contributed by atoms with Crippen molar-refractivity contribution in [2.24, 2.45) is 0 Å². The highest BCUT2D eigenvalue weighted by Gasteiger charge is 2.20. The van der Waals surface area contributed by atoms with Crippen molar-refractivity contribution < 1.29 is 4.42 Å². The van der Waals surface area contributed by atoms with E-state index in [4.69, 9.17) is 14.4 Å². The molecular formula is C38H23N3O. The predicted molar refractivity (Wildman–Crippen MR) is 172 cm³/mol. The van der Waals surface area contributed by atoms with Gasteiger partial charge in [0.1, 0.15) is 11.2 Å². The van der Waals surface area contributed by atoms with E-state index in [0.717, 1.165) is 60.4 Å². The highest BCUT2D eigenvalue weighted by Crippen LogP contribution is 2.41. The van der Waals surface area contributed by atoms with Gasteiger partial charge in [-0.15, -0.1) is 0 Å². The van der Waals surface area contributed by atoms with E-state index in [1.165, 1.54) is 16.5 Å². The summed E-state index contributed by atoms with van der Waals surface area (Å²) in [4.78, 5) is 9.95. The van der Waals surface area contributed by atoms with Crippen LogP contribution in [0.15, 0.2) is 144 Å². The molecule has 4 heteroatoms. The van der Waals surface area contributed by atoms with E-state index < -0.39 is 0 Å². The molecule has 6 aromatic carbocycles. The summed E-state index contributed by atoms with van der Waals surface area (Å²) in [6.45, 7) is 0. The molecule has 0 bridgehead atoms. The number of benzene rings is 6. The Morgan fingerprint density at radius 1 is 0.524 bits per heavy atom. The van der Waals surface area contributed by atoms with Crippen molar-refractivity contribution in [2.75, 3.05) is 0 Å². The molecule has 9 aromatic rings. The average Bonchev–Trinajstić information content (AvgIpc) is 3.59. The van der Waals surface area contributed by atoms with Gasteiger partial charge in [0, 0.05) is 27.9 Å². The van der Waals surface area contributed by atoms with Crippen LogP contribution in [0.2, 0.25) is 0 Å². The topological polar surface area (TPSA) is 43.9 Å². The monoisotopic (exact) mass is 537 g/mol. The summed E-state index contributed by atoms with van der Waals surface area (Å²) in [5.41, 5.74) is 8.14. The summed E-state index contributed by atoms with van der Waals surface area (Å²) in [7, 11) is 0. The zero-order chi connectivity index (χ0) is 27.6. The number of hydrogen-bond donors (Lipinski definition) is 0. The van der Waals surface area contributed by atoms with Crippen LogP contribution >= 0.6 is 0 Å². The molecule has 0 saturated carbocycles. The molecule has 0 spiro atoms. The van der Waals surface area contributed by atoms with Crippen LogP contribution in [0.4, 0.5) is 0 Å². The fraction of sp³-hybridized carbons (Fsp3) is 0. The summed E-state index contributed by atoms with van der Waals surface area (Å²) in [6.07, 6.45) is 1.85. The van der Waals surface area contributed by atoms with Gasteiger partial charge in [0.25, 0.3) is 0 Å². The molecule has 3 aromatic heterocycles. The van der Waals surface area contributed by atoms with E-state index in [2.05, 4.69) is 126 Å². The summed E-state index contributed by atoms with van der Waals surface area (Å²) in [6, 6.07) is 46.5. The van der Waals surface area contributed by atoms with Crippen molar-refractivity contribution in [3.63, 3.8) is 0 Å². The minimum Gasteiger partial charge on any atom is -0.456 e. The van der Waals surface area contributed by atoms with Crippen LogP contribution in [0.5, 0.6) is 0 Å². The molecule has 196 valence electrons. The van der Waals surface area contributed by atoms with E-state index in [9.17, 15) is 0 Å². The first-order chi connectivity index (χ1) is 20.8. The van der Waals surface area contributed by atoms with E-state index in [1.807, 2.05) is 18.3 Å². The number of aromatic nitrogens is 3. The van der Waals surface area contributed by atoms with E-state index in [0.29, 0.717) is 5.95 Å². The third-order valence-electron chi connectivity index (χ3n) is 8.27. The Kier molecular flexibility index (Phi) is 4.87. The molecule has 0 N–H and O–H groups in total. The maximum absolute atomic E-state index is 6.44. The van der Waals surface area contributed by atoms with E-state index in [1.54, 1.807) is 0 Å². The SMILES string of the molecule is c1ccc(-c2ccc(-c3ccnc(-n4c5ccccc5c5ccc6oc7cc8ccccc8cc7c6c54)n3)cc2)cc1. The Morgan fingerprint density at radius 3 is 2.10 bits per heavy atom. The Labute approximate surface area is 241 Å². The van der Waals surface area contributed by atoms with Gasteiger partial charge < -0.3 is 4.42 Å². The van der Waals surface area contributed by atoms with Crippen LogP contribution in [0.3, 0.4) is 0 Å². The van der Waals surface area contributed by atoms with Crippen molar-refractivity contribution >= 4 is 54.5 Å². The Morgan fingerprint density at radius 2 is 1.24 bits per heavy atom. The molecule has 0 aliphatic carbocycles. The molecule has 0 aliphatic heterocycles. The summed E-state index contributed by atoms with van der Waals surface area (Å²) < 4.78 is 8.64. The molecule has 42 heavy (non-hydrogen) atoms. The molecule has 0 fully saturated rings. The van der Waals surface area contributed by atoms with Gasteiger partial charge >= 0.3 is 0 Å². The summed E-state index contributed by atoms with van der Waals surface area (Å²) in [5, 5.41) is 6.82. The standard InChI is InChI=1S/C38H23N3O/c1-2-8-24(9-3-1)25-14-16-26(17-15-25)32-20-21-39-38(40-32)41-33-13-7-6-12-29(33)30-18-19-34-36(37(30)41)31-22-27-10-4-5-11-28(27)23-35(31)42-34/h1-23H. The van der Waals surface area contributed by atoms with Crippen molar-refractivity contribution in [1.29, 1.82) is 0 Å². The third-order valence-corrected chi connectivity index (χ3v) is 8.27. The highest BCUT2D eigenvalue weighted by atomic mass is 16.3. The second-order valence-corrected chi connectivity index (χ2v) is 10.7. The van der Waals surface area contributed by atoms with E-state index >= 15 is 0 Å². The van der Waals surface area contributed by atoms with Gasteiger partial charge in [-0.25, -0.2) is 9.97 Å². The largest absolute Gasteiger partial charge is 0.456 e. The lowest BCUT2D eigenvalue weighted by Crippen LogP contribution is -2.02. The van der Waals surface area contributed by atoms with Gasteiger partial charge in [0.05, 0.1) is 22.1 Å². The number of rotatable bonds is 3. The molecule has 9 rings (SSSR count). The zero-order valence-corrected chi connectivity index (χ0v) is 22.5. The van der Waals surface area contributed by atoms with Gasteiger partial charge in [0.15, 0.2) is 0 Å². The summed E-state index contributed by atoms with van der Waals surface area (Å²) >= 11 is 0. The van der Waals surface area contributed by atoms with Crippen molar-refractivity contribution in [3.05, 3.63) is 140 Å². The van der Waals surface area contributed by atoms with Gasteiger partial charge in [-0.05, 0) is 58.3 Å². The Bertz CT molecular complexity index is 2450. The number of fused-ring (bicyclic) bond motifs is 8. The maximum Gasteiger partial charge on any atom is 0.235 e. The first-order valence-electron chi connectivity index (χ1n) is 14.1. The first kappa shape index (κ1) is 23.0. The maximum atomic E-state index is 6.44. The van der Waals surface area contributed by atoms with Crippen LogP contribution in [0, 0.1) is 0 Å². The van der Waals surface area contributed by atoms with Crippen molar-refractivity contribution in [1.82, 2.24) is 14.5 Å². The predicted octanol–water partition coefficient (Wildman–Crippen LogP) is 9.96. The summed E-state index contributed by atoms with van der Waals surface area (Å²) in [5.74, 6) is 0.633. The van der Waals surface area contributed by atoms with Gasteiger partial charge in [-0.2, -0.15) is 0 Å². The molecule has 0 aliphatic rings. The first-order valence-corrected chi connectivity index (χ1v) is 14.1. The lowest BCUT2D eigenvalue weighted by Gasteiger charge is -2.09. The second-order valence-electron chi connectivity index (χ2n) is 10.7.